The minimum Gasteiger partial charge on any atom is -0.490 e. The monoisotopic (exact) mass is 436 g/mol. The highest BCUT2D eigenvalue weighted by Gasteiger charge is 2.28. The zero-order valence-electron chi connectivity index (χ0n) is 18.5. The highest BCUT2D eigenvalue weighted by molar-refractivity contribution is 5.99. The summed E-state index contributed by atoms with van der Waals surface area (Å²) in [6, 6.07) is 11.9. The van der Waals surface area contributed by atoms with E-state index in [4.69, 9.17) is 14.2 Å². The van der Waals surface area contributed by atoms with Crippen molar-refractivity contribution in [2.75, 3.05) is 13.8 Å². The molecule has 0 fully saturated rings. The van der Waals surface area contributed by atoms with Crippen LogP contribution < -0.4 is 19.5 Å². The Hall–Kier alpha value is -3.48. The van der Waals surface area contributed by atoms with Gasteiger partial charge in [0.2, 0.25) is 12.7 Å². The molecule has 7 nitrogen and oxygen atoms in total. The van der Waals surface area contributed by atoms with Crippen molar-refractivity contribution >= 4 is 11.8 Å². The molecule has 0 bridgehead atoms. The van der Waals surface area contributed by atoms with Crippen LogP contribution in [-0.4, -0.2) is 42.7 Å². The Morgan fingerprint density at radius 3 is 2.53 bits per heavy atom. The number of para-hydroxylation sites is 1. The van der Waals surface area contributed by atoms with E-state index in [1.807, 2.05) is 43.3 Å². The van der Waals surface area contributed by atoms with Crippen molar-refractivity contribution in [2.45, 2.75) is 44.9 Å². The lowest BCUT2D eigenvalue weighted by atomic mass is 10.0. The molecule has 3 atom stereocenters. The third kappa shape index (κ3) is 4.56. The molecule has 0 aromatic heterocycles. The molecule has 2 heterocycles. The van der Waals surface area contributed by atoms with Gasteiger partial charge in [-0.25, -0.2) is 0 Å². The van der Waals surface area contributed by atoms with E-state index in [1.54, 1.807) is 32.2 Å². The van der Waals surface area contributed by atoms with Gasteiger partial charge in [0.25, 0.3) is 5.91 Å². The second-order valence-electron chi connectivity index (χ2n) is 8.13. The number of carbonyl (C=O) groups is 2. The normalized spacial score (nSPS) is 24.7. The van der Waals surface area contributed by atoms with Crippen molar-refractivity contribution in [1.82, 2.24) is 10.2 Å². The van der Waals surface area contributed by atoms with Crippen LogP contribution in [0, 0.1) is 0 Å². The molecule has 2 aliphatic heterocycles. The maximum absolute atomic E-state index is 13.2. The van der Waals surface area contributed by atoms with E-state index >= 15 is 0 Å². The third-order valence-electron chi connectivity index (χ3n) is 5.85. The number of rotatable bonds is 1. The van der Waals surface area contributed by atoms with Crippen molar-refractivity contribution in [3.05, 3.63) is 65.7 Å². The van der Waals surface area contributed by atoms with Crippen LogP contribution in [0.3, 0.4) is 0 Å². The Labute approximate surface area is 188 Å². The standard InChI is InChI=1S/C25H28N2O5/c1-16-8-4-6-10-20(18-12-13-22-23(14-18)31-15-30-22)26-24(28)17(2)27(3)25(29)19-9-5-7-11-21(19)32-16/h4-7,9,11-14,16-17,20H,8,10,15H2,1-3H3,(H,26,28)/b6-4-/t16-,17-,20+/m1/s1. The van der Waals surface area contributed by atoms with Gasteiger partial charge in [0, 0.05) is 13.5 Å². The third-order valence-corrected chi connectivity index (χ3v) is 5.85. The fourth-order valence-corrected chi connectivity index (χ4v) is 3.77. The van der Waals surface area contributed by atoms with Crippen LogP contribution in [0.4, 0.5) is 0 Å². The highest BCUT2D eigenvalue weighted by Crippen LogP contribution is 2.35. The Kier molecular flexibility index (Phi) is 6.35. The van der Waals surface area contributed by atoms with E-state index < -0.39 is 6.04 Å². The Bertz CT molecular complexity index is 1030. The van der Waals surface area contributed by atoms with Crippen LogP contribution >= 0.6 is 0 Å². The number of carbonyl (C=O) groups excluding carboxylic acids is 2. The SMILES string of the molecule is C[C@@H]1C/C=C\C[C@@H](c2ccc3c(c2)OCO3)NC(=O)[C@@H](C)N(C)C(=O)c2ccccc2O1. The Morgan fingerprint density at radius 2 is 1.69 bits per heavy atom. The summed E-state index contributed by atoms with van der Waals surface area (Å²) in [5.41, 5.74) is 1.35. The second kappa shape index (κ2) is 9.34. The molecule has 0 aliphatic carbocycles. The van der Waals surface area contributed by atoms with Crippen LogP contribution in [-0.2, 0) is 4.79 Å². The lowest BCUT2D eigenvalue weighted by Crippen LogP contribution is -2.47. The first kappa shape index (κ1) is 21.7. The van der Waals surface area contributed by atoms with E-state index in [0.717, 1.165) is 5.56 Å². The van der Waals surface area contributed by atoms with Crippen LogP contribution in [0.15, 0.2) is 54.6 Å². The predicted octanol–water partition coefficient (Wildman–Crippen LogP) is 3.85. The smallest absolute Gasteiger partial charge is 0.258 e. The zero-order chi connectivity index (χ0) is 22.7. The molecule has 32 heavy (non-hydrogen) atoms. The van der Waals surface area contributed by atoms with Crippen molar-refractivity contribution < 1.29 is 23.8 Å². The fourth-order valence-electron chi connectivity index (χ4n) is 3.77. The highest BCUT2D eigenvalue weighted by atomic mass is 16.7. The number of ether oxygens (including phenoxy) is 3. The fraction of sp³-hybridized carbons (Fsp3) is 0.360. The number of amides is 2. The average Bonchev–Trinajstić information content (AvgIpc) is 3.27. The lowest BCUT2D eigenvalue weighted by molar-refractivity contribution is -0.125. The van der Waals surface area contributed by atoms with E-state index in [1.165, 1.54) is 4.90 Å². The van der Waals surface area contributed by atoms with Gasteiger partial charge < -0.3 is 24.4 Å². The minimum atomic E-state index is -0.670. The van der Waals surface area contributed by atoms with Gasteiger partial charge in [-0.15, -0.1) is 0 Å². The molecule has 2 aliphatic rings. The van der Waals surface area contributed by atoms with Crippen molar-refractivity contribution in [2.24, 2.45) is 0 Å². The molecule has 0 radical (unpaired) electrons. The molecule has 0 unspecified atom stereocenters. The maximum Gasteiger partial charge on any atom is 0.258 e. The molecule has 7 heteroatoms. The molecule has 0 saturated heterocycles. The second-order valence-corrected chi connectivity index (χ2v) is 8.13. The van der Waals surface area contributed by atoms with Crippen LogP contribution in [0.2, 0.25) is 0 Å². The van der Waals surface area contributed by atoms with Gasteiger partial charge in [-0.05, 0) is 50.1 Å². The van der Waals surface area contributed by atoms with Gasteiger partial charge in [-0.3, -0.25) is 9.59 Å². The summed E-state index contributed by atoms with van der Waals surface area (Å²) in [5, 5.41) is 3.10. The molecular formula is C25H28N2O5. The van der Waals surface area contributed by atoms with Gasteiger partial charge in [0.1, 0.15) is 11.8 Å². The Morgan fingerprint density at radius 1 is 0.938 bits per heavy atom. The van der Waals surface area contributed by atoms with Crippen molar-refractivity contribution in [3.8, 4) is 17.2 Å². The maximum atomic E-state index is 13.2. The van der Waals surface area contributed by atoms with E-state index in [-0.39, 0.29) is 30.8 Å². The first-order valence-corrected chi connectivity index (χ1v) is 10.8. The van der Waals surface area contributed by atoms with Gasteiger partial charge >= 0.3 is 0 Å². The van der Waals surface area contributed by atoms with Crippen LogP contribution in [0.25, 0.3) is 0 Å². The summed E-state index contributed by atoms with van der Waals surface area (Å²) in [7, 11) is 1.63. The van der Waals surface area contributed by atoms with E-state index in [2.05, 4.69) is 5.32 Å². The summed E-state index contributed by atoms with van der Waals surface area (Å²) in [5.74, 6) is 1.38. The largest absolute Gasteiger partial charge is 0.490 e. The summed E-state index contributed by atoms with van der Waals surface area (Å²) < 4.78 is 17.0. The number of nitrogens with zero attached hydrogens (tertiary/aromatic N) is 1. The molecule has 1 N–H and O–H groups in total. The number of hydrogen-bond donors (Lipinski definition) is 1. The minimum absolute atomic E-state index is 0.107. The molecule has 0 spiro atoms. The molecule has 2 aromatic carbocycles. The van der Waals surface area contributed by atoms with Gasteiger partial charge in [-0.1, -0.05) is 30.4 Å². The Balaban J connectivity index is 1.64. The molecular weight excluding hydrogens is 408 g/mol. The summed E-state index contributed by atoms with van der Waals surface area (Å²) in [4.78, 5) is 27.7. The predicted molar refractivity (Wildman–Crippen MR) is 120 cm³/mol. The topological polar surface area (TPSA) is 77.1 Å². The zero-order valence-corrected chi connectivity index (χ0v) is 18.5. The average molecular weight is 437 g/mol. The molecule has 168 valence electrons. The number of benzene rings is 2. The summed E-state index contributed by atoms with van der Waals surface area (Å²) in [6.07, 6.45) is 5.26. The molecule has 4 rings (SSSR count). The lowest BCUT2D eigenvalue weighted by Gasteiger charge is -2.28. The van der Waals surface area contributed by atoms with Crippen LogP contribution in [0.1, 0.15) is 48.7 Å². The van der Waals surface area contributed by atoms with Crippen LogP contribution in [0.5, 0.6) is 17.2 Å². The van der Waals surface area contributed by atoms with Gasteiger partial charge in [-0.2, -0.15) is 0 Å². The number of likely N-dealkylation sites (N-methyl/N-ethyl adjacent to an activating group) is 1. The molecule has 2 aromatic rings. The number of fused-ring (bicyclic) bond motifs is 2. The molecule has 0 saturated carbocycles. The first-order chi connectivity index (χ1) is 15.4. The van der Waals surface area contributed by atoms with Crippen molar-refractivity contribution in [1.29, 1.82) is 0 Å². The number of nitrogens with one attached hydrogen (secondary N) is 1. The first-order valence-electron chi connectivity index (χ1n) is 10.8. The van der Waals surface area contributed by atoms with E-state index in [9.17, 15) is 9.59 Å². The quantitative estimate of drug-likeness (QED) is 0.687. The summed E-state index contributed by atoms with van der Waals surface area (Å²) >= 11 is 0. The summed E-state index contributed by atoms with van der Waals surface area (Å²) in [6.45, 7) is 3.89. The van der Waals surface area contributed by atoms with Gasteiger partial charge in [0.15, 0.2) is 11.5 Å². The van der Waals surface area contributed by atoms with Gasteiger partial charge in [0.05, 0.1) is 17.7 Å². The van der Waals surface area contributed by atoms with E-state index in [0.29, 0.717) is 35.7 Å². The van der Waals surface area contributed by atoms with Crippen molar-refractivity contribution in [3.63, 3.8) is 0 Å². The number of hydrogen-bond acceptors (Lipinski definition) is 5. The molecule has 2 amide bonds.